The molecule has 2 aliphatic rings. The lowest BCUT2D eigenvalue weighted by molar-refractivity contribution is -0.172. The minimum Gasteiger partial charge on any atom is -0.458 e. The van der Waals surface area contributed by atoms with Gasteiger partial charge in [-0.3, -0.25) is 4.79 Å². The number of carbonyl (C=O) groups is 1. The quantitative estimate of drug-likeness (QED) is 0.306. The highest BCUT2D eigenvalue weighted by molar-refractivity contribution is 5.87. The summed E-state index contributed by atoms with van der Waals surface area (Å²) >= 11 is 0. The Morgan fingerprint density at radius 2 is 2.06 bits per heavy atom. The van der Waals surface area contributed by atoms with Crippen LogP contribution in [0.5, 0.6) is 0 Å². The highest BCUT2D eigenvalue weighted by atomic mass is 16.6. The van der Waals surface area contributed by atoms with Crippen LogP contribution < -0.4 is 5.56 Å². The Balaban J connectivity index is 1.62. The summed E-state index contributed by atoms with van der Waals surface area (Å²) in [5.74, 6) is 5.71. The molecular formula is C26H24N2O4. The second kappa shape index (κ2) is 7.61. The third kappa shape index (κ3) is 3.04. The first-order chi connectivity index (χ1) is 15.5. The summed E-state index contributed by atoms with van der Waals surface area (Å²) in [4.78, 5) is 30.3. The lowest BCUT2D eigenvalue weighted by atomic mass is 9.86. The molecule has 1 aromatic carbocycles. The Labute approximate surface area is 185 Å². The number of unbranched alkanes of at least 4 members (excludes halogenated alkanes) is 2. The molecule has 4 heterocycles. The van der Waals surface area contributed by atoms with Crippen molar-refractivity contribution in [3.63, 3.8) is 0 Å². The molecule has 3 aromatic rings. The molecule has 6 heteroatoms. The summed E-state index contributed by atoms with van der Waals surface area (Å²) < 4.78 is 6.77. The smallest absolute Gasteiger partial charge is 0.343 e. The number of pyridine rings is 2. The maximum Gasteiger partial charge on any atom is 0.343 e. The van der Waals surface area contributed by atoms with Crippen LogP contribution in [0.15, 0.2) is 35.1 Å². The summed E-state index contributed by atoms with van der Waals surface area (Å²) in [7, 11) is 0. The van der Waals surface area contributed by atoms with Gasteiger partial charge in [-0.05, 0) is 43.2 Å². The highest BCUT2D eigenvalue weighted by Crippen LogP contribution is 2.38. The van der Waals surface area contributed by atoms with Crippen molar-refractivity contribution in [2.24, 2.45) is 0 Å². The first-order valence-corrected chi connectivity index (χ1v) is 11.1. The number of hydrogen-bond acceptors (Lipinski definition) is 5. The van der Waals surface area contributed by atoms with Gasteiger partial charge in [-0.2, -0.15) is 0 Å². The summed E-state index contributed by atoms with van der Waals surface area (Å²) in [6.07, 6.45) is 3.23. The fraction of sp³-hybridized carbons (Fsp3) is 0.346. The Morgan fingerprint density at radius 3 is 2.84 bits per heavy atom. The van der Waals surface area contributed by atoms with Crippen LogP contribution in [0.2, 0.25) is 0 Å². The molecule has 0 amide bonds. The molecule has 1 atom stereocenters. The Kier molecular flexibility index (Phi) is 4.87. The van der Waals surface area contributed by atoms with Crippen LogP contribution in [0.3, 0.4) is 0 Å². The van der Waals surface area contributed by atoms with Crippen molar-refractivity contribution in [2.75, 3.05) is 0 Å². The SMILES string of the molecule is CCCCC#Cc1ccc2nc3c(cc2c1)Cn1c-3cc2c(c1=O)COC(=O)[C@]2(O)CC. The maximum absolute atomic E-state index is 13.2. The first-order valence-electron chi connectivity index (χ1n) is 11.1. The standard InChI is InChI=1S/C26H24N2O4/c1-3-5-6-7-8-16-9-10-21-17(11-16)12-18-14-28-22(23(18)27-21)13-20-19(24(28)29)15-32-25(30)26(20,31)4-2/h9-13,31H,3-6,14-15H2,1-2H3/t26-/m0/s1. The molecule has 0 bridgehead atoms. The van der Waals surface area contributed by atoms with Gasteiger partial charge in [0.25, 0.3) is 5.56 Å². The fourth-order valence-electron chi connectivity index (χ4n) is 4.49. The van der Waals surface area contributed by atoms with Gasteiger partial charge in [0.05, 0.1) is 29.0 Å². The normalized spacial score (nSPS) is 18.4. The van der Waals surface area contributed by atoms with E-state index in [4.69, 9.17) is 9.72 Å². The largest absolute Gasteiger partial charge is 0.458 e. The Bertz CT molecular complexity index is 1390. The number of rotatable bonds is 3. The highest BCUT2D eigenvalue weighted by Gasteiger charge is 2.45. The number of carbonyl (C=O) groups excluding carboxylic acids is 1. The molecule has 32 heavy (non-hydrogen) atoms. The first kappa shape index (κ1) is 20.5. The van der Waals surface area contributed by atoms with Gasteiger partial charge >= 0.3 is 5.97 Å². The summed E-state index contributed by atoms with van der Waals surface area (Å²) in [6, 6.07) is 9.72. The summed E-state index contributed by atoms with van der Waals surface area (Å²) in [5.41, 5.74) is 2.62. The monoisotopic (exact) mass is 428 g/mol. The van der Waals surface area contributed by atoms with Crippen molar-refractivity contribution in [2.45, 2.75) is 58.3 Å². The van der Waals surface area contributed by atoms with Gasteiger partial charge < -0.3 is 14.4 Å². The molecule has 0 unspecified atom stereocenters. The van der Waals surface area contributed by atoms with E-state index in [1.807, 2.05) is 24.3 Å². The second-order valence-electron chi connectivity index (χ2n) is 8.41. The van der Waals surface area contributed by atoms with E-state index in [9.17, 15) is 14.7 Å². The van der Waals surface area contributed by atoms with E-state index in [0.29, 0.717) is 29.1 Å². The molecule has 0 radical (unpaired) electrons. The van der Waals surface area contributed by atoms with Crippen LogP contribution in [0.25, 0.3) is 22.3 Å². The van der Waals surface area contributed by atoms with Crippen molar-refractivity contribution in [1.29, 1.82) is 0 Å². The van der Waals surface area contributed by atoms with Crippen LogP contribution in [-0.2, 0) is 28.3 Å². The maximum atomic E-state index is 13.2. The molecule has 2 aromatic heterocycles. The summed E-state index contributed by atoms with van der Waals surface area (Å²) in [5, 5.41) is 11.9. The molecule has 5 rings (SSSR count). The zero-order valence-electron chi connectivity index (χ0n) is 18.2. The minimum absolute atomic E-state index is 0.124. The molecule has 1 N–H and O–H groups in total. The number of hydrogen-bond donors (Lipinski definition) is 1. The van der Waals surface area contributed by atoms with E-state index in [0.717, 1.165) is 41.3 Å². The topological polar surface area (TPSA) is 81.4 Å². The van der Waals surface area contributed by atoms with Gasteiger partial charge in [0.2, 0.25) is 0 Å². The molecule has 0 saturated carbocycles. The van der Waals surface area contributed by atoms with Gasteiger partial charge in [0.1, 0.15) is 6.61 Å². The van der Waals surface area contributed by atoms with Crippen molar-refractivity contribution >= 4 is 16.9 Å². The number of benzene rings is 1. The van der Waals surface area contributed by atoms with Gasteiger partial charge in [-0.1, -0.05) is 32.1 Å². The van der Waals surface area contributed by atoms with Gasteiger partial charge in [0.15, 0.2) is 5.60 Å². The zero-order chi connectivity index (χ0) is 22.5. The predicted octanol–water partition coefficient (Wildman–Crippen LogP) is 3.62. The fourth-order valence-corrected chi connectivity index (χ4v) is 4.49. The number of nitrogens with zero attached hydrogens (tertiary/aromatic N) is 2. The van der Waals surface area contributed by atoms with Crippen LogP contribution in [0.1, 0.15) is 61.8 Å². The van der Waals surface area contributed by atoms with Crippen LogP contribution in [0.4, 0.5) is 0 Å². The van der Waals surface area contributed by atoms with E-state index in [1.165, 1.54) is 0 Å². The van der Waals surface area contributed by atoms with Crippen molar-refractivity contribution in [3.05, 3.63) is 62.9 Å². The number of aliphatic hydroxyl groups is 1. The van der Waals surface area contributed by atoms with Crippen LogP contribution in [-0.4, -0.2) is 20.6 Å². The number of aromatic nitrogens is 2. The van der Waals surface area contributed by atoms with E-state index < -0.39 is 11.6 Å². The predicted molar refractivity (Wildman–Crippen MR) is 121 cm³/mol. The molecule has 0 aliphatic carbocycles. The second-order valence-corrected chi connectivity index (χ2v) is 8.41. The molecule has 162 valence electrons. The van der Waals surface area contributed by atoms with Crippen molar-refractivity contribution in [1.82, 2.24) is 9.55 Å². The Morgan fingerprint density at radius 1 is 1.22 bits per heavy atom. The van der Waals surface area contributed by atoms with E-state index in [1.54, 1.807) is 17.6 Å². The molecule has 0 spiro atoms. The van der Waals surface area contributed by atoms with Crippen molar-refractivity contribution in [3.8, 4) is 23.2 Å². The molecule has 6 nitrogen and oxygen atoms in total. The van der Waals surface area contributed by atoms with E-state index >= 15 is 0 Å². The number of esters is 1. The average molecular weight is 428 g/mol. The van der Waals surface area contributed by atoms with Crippen LogP contribution >= 0.6 is 0 Å². The minimum atomic E-state index is -1.81. The number of cyclic esters (lactones) is 1. The molecule has 0 saturated heterocycles. The van der Waals surface area contributed by atoms with Gasteiger partial charge in [0, 0.05) is 28.5 Å². The van der Waals surface area contributed by atoms with E-state index in [-0.39, 0.29) is 18.6 Å². The van der Waals surface area contributed by atoms with Gasteiger partial charge in [-0.15, -0.1) is 0 Å². The zero-order valence-corrected chi connectivity index (χ0v) is 18.2. The number of ether oxygens (including phenoxy) is 1. The van der Waals surface area contributed by atoms with Crippen molar-refractivity contribution < 1.29 is 14.6 Å². The third-order valence-electron chi connectivity index (χ3n) is 6.40. The lowest BCUT2D eigenvalue weighted by Gasteiger charge is -2.31. The Hall–Kier alpha value is -3.43. The summed E-state index contributed by atoms with van der Waals surface area (Å²) in [6.45, 7) is 4.12. The average Bonchev–Trinajstić information content (AvgIpc) is 3.16. The molecular weight excluding hydrogens is 404 g/mol. The van der Waals surface area contributed by atoms with Gasteiger partial charge in [-0.25, -0.2) is 9.78 Å². The molecule has 0 fully saturated rings. The van der Waals surface area contributed by atoms with E-state index in [2.05, 4.69) is 18.8 Å². The third-order valence-corrected chi connectivity index (χ3v) is 6.40. The molecule has 2 aliphatic heterocycles. The van der Waals surface area contributed by atoms with Crippen LogP contribution in [0, 0.1) is 11.8 Å². The number of fused-ring (bicyclic) bond motifs is 5. The lowest BCUT2D eigenvalue weighted by Crippen LogP contribution is -2.44.